The molecule has 0 aliphatic carbocycles. The first-order valence-electron chi connectivity index (χ1n) is 8.79. The first kappa shape index (κ1) is 18.3. The minimum atomic E-state index is -0.535. The summed E-state index contributed by atoms with van der Waals surface area (Å²) in [4.78, 5) is 12.2. The second-order valence-corrected chi connectivity index (χ2v) is 6.73. The van der Waals surface area contributed by atoms with E-state index < -0.39 is 6.10 Å². The van der Waals surface area contributed by atoms with Gasteiger partial charge in [-0.3, -0.25) is 4.79 Å². The van der Waals surface area contributed by atoms with Crippen molar-refractivity contribution < 1.29 is 9.53 Å². The van der Waals surface area contributed by atoms with Crippen LogP contribution in [0, 0.1) is 0 Å². The van der Waals surface area contributed by atoms with Crippen molar-refractivity contribution in [3.63, 3.8) is 0 Å². The van der Waals surface area contributed by atoms with Crippen molar-refractivity contribution in [1.82, 2.24) is 5.32 Å². The molecule has 4 heteroatoms. The Labute approximate surface area is 158 Å². The number of nitrogens with one attached hydrogen (secondary N) is 1. The summed E-state index contributed by atoms with van der Waals surface area (Å²) < 4.78 is 5.79. The van der Waals surface area contributed by atoms with Gasteiger partial charge in [0.2, 0.25) is 0 Å². The molecule has 0 saturated carbocycles. The predicted molar refractivity (Wildman–Crippen MR) is 107 cm³/mol. The van der Waals surface area contributed by atoms with E-state index >= 15 is 0 Å². The van der Waals surface area contributed by atoms with E-state index in [2.05, 4.69) is 11.4 Å². The summed E-state index contributed by atoms with van der Waals surface area (Å²) in [7, 11) is 0. The molecule has 0 saturated heterocycles. The molecular formula is C22H22ClNO2. The molecule has 134 valence electrons. The predicted octanol–water partition coefficient (Wildman–Crippen LogP) is 5.01. The summed E-state index contributed by atoms with van der Waals surface area (Å²) in [6.07, 6.45) is 1.24. The normalized spacial score (nSPS) is 11.9. The Bertz CT molecular complexity index is 877. The summed E-state index contributed by atoms with van der Waals surface area (Å²) in [6, 6.07) is 21.7. The molecule has 0 spiro atoms. The summed E-state index contributed by atoms with van der Waals surface area (Å²) in [5, 5.41) is 5.92. The monoisotopic (exact) mass is 367 g/mol. The minimum absolute atomic E-state index is 0.103. The van der Waals surface area contributed by atoms with E-state index in [4.69, 9.17) is 16.3 Å². The maximum Gasteiger partial charge on any atom is 0.260 e. The third kappa shape index (κ3) is 4.99. The van der Waals surface area contributed by atoms with Crippen LogP contribution in [0.15, 0.2) is 66.7 Å². The van der Waals surface area contributed by atoms with Crippen LogP contribution in [0.2, 0.25) is 5.02 Å². The number of aryl methyl sites for hydroxylation is 1. The lowest BCUT2D eigenvalue weighted by atomic mass is 10.1. The zero-order valence-corrected chi connectivity index (χ0v) is 15.5. The van der Waals surface area contributed by atoms with Gasteiger partial charge in [-0.15, -0.1) is 0 Å². The average Bonchev–Trinajstić information content (AvgIpc) is 2.66. The van der Waals surface area contributed by atoms with Gasteiger partial charge in [-0.25, -0.2) is 0 Å². The van der Waals surface area contributed by atoms with Crippen LogP contribution >= 0.6 is 11.6 Å². The largest absolute Gasteiger partial charge is 0.481 e. The van der Waals surface area contributed by atoms with Crippen molar-refractivity contribution in [2.24, 2.45) is 0 Å². The molecule has 26 heavy (non-hydrogen) atoms. The van der Waals surface area contributed by atoms with Gasteiger partial charge in [-0.2, -0.15) is 0 Å². The topological polar surface area (TPSA) is 38.3 Å². The van der Waals surface area contributed by atoms with Gasteiger partial charge in [-0.1, -0.05) is 54.1 Å². The Morgan fingerprint density at radius 2 is 1.77 bits per heavy atom. The van der Waals surface area contributed by atoms with E-state index in [1.54, 1.807) is 6.92 Å². The Kier molecular flexibility index (Phi) is 6.13. The van der Waals surface area contributed by atoms with Crippen LogP contribution in [0.25, 0.3) is 10.8 Å². The highest BCUT2D eigenvalue weighted by Crippen LogP contribution is 2.21. The molecule has 0 radical (unpaired) electrons. The molecule has 0 fully saturated rings. The van der Waals surface area contributed by atoms with Gasteiger partial charge < -0.3 is 10.1 Å². The van der Waals surface area contributed by atoms with E-state index in [1.807, 2.05) is 60.7 Å². The van der Waals surface area contributed by atoms with Crippen LogP contribution < -0.4 is 10.1 Å². The van der Waals surface area contributed by atoms with Gasteiger partial charge in [0, 0.05) is 11.6 Å². The third-order valence-corrected chi connectivity index (χ3v) is 4.51. The number of carbonyl (C=O) groups is 1. The number of benzene rings is 3. The van der Waals surface area contributed by atoms with Gasteiger partial charge >= 0.3 is 0 Å². The molecule has 1 N–H and O–H groups in total. The van der Waals surface area contributed by atoms with Crippen LogP contribution in [0.3, 0.4) is 0 Å². The van der Waals surface area contributed by atoms with Gasteiger partial charge in [-0.05, 0) is 60.4 Å². The average molecular weight is 368 g/mol. The third-order valence-electron chi connectivity index (χ3n) is 4.26. The fraction of sp³-hybridized carbons (Fsp3) is 0.227. The van der Waals surface area contributed by atoms with Crippen molar-refractivity contribution in [1.29, 1.82) is 0 Å². The van der Waals surface area contributed by atoms with Crippen LogP contribution in [0.5, 0.6) is 5.75 Å². The molecule has 1 amide bonds. The molecule has 0 aliphatic heterocycles. The van der Waals surface area contributed by atoms with Crippen molar-refractivity contribution in [3.05, 3.63) is 77.3 Å². The van der Waals surface area contributed by atoms with Gasteiger partial charge in [0.05, 0.1) is 0 Å². The molecule has 3 nitrogen and oxygen atoms in total. The Morgan fingerprint density at radius 3 is 2.54 bits per heavy atom. The molecule has 0 unspecified atom stereocenters. The van der Waals surface area contributed by atoms with E-state index in [1.165, 1.54) is 5.56 Å². The van der Waals surface area contributed by atoms with Crippen LogP contribution in [0.1, 0.15) is 18.9 Å². The standard InChI is InChI=1S/C22H22ClNO2/c1-16(26-21-13-10-18-6-2-3-7-19(18)15-21)22(25)24-14-4-5-17-8-11-20(23)12-9-17/h2-3,6-13,15-16H,4-5,14H2,1H3,(H,24,25)/t16-/m1/s1. The number of hydrogen-bond acceptors (Lipinski definition) is 2. The number of fused-ring (bicyclic) bond motifs is 1. The second-order valence-electron chi connectivity index (χ2n) is 6.29. The van der Waals surface area contributed by atoms with Crippen LogP contribution in [0.4, 0.5) is 0 Å². The Balaban J connectivity index is 1.45. The zero-order chi connectivity index (χ0) is 18.4. The van der Waals surface area contributed by atoms with E-state index in [0.717, 1.165) is 28.6 Å². The maximum atomic E-state index is 12.2. The molecule has 0 aliphatic rings. The SMILES string of the molecule is C[C@@H](Oc1ccc2ccccc2c1)C(=O)NCCCc1ccc(Cl)cc1. The minimum Gasteiger partial charge on any atom is -0.481 e. The number of rotatable bonds is 7. The fourth-order valence-electron chi connectivity index (χ4n) is 2.80. The molecule has 0 aromatic heterocycles. The summed E-state index contributed by atoms with van der Waals surface area (Å²) in [6.45, 7) is 2.39. The fourth-order valence-corrected chi connectivity index (χ4v) is 2.92. The van der Waals surface area contributed by atoms with Gasteiger partial charge in [0.1, 0.15) is 5.75 Å². The van der Waals surface area contributed by atoms with Crippen molar-refractivity contribution in [2.75, 3.05) is 6.54 Å². The Morgan fingerprint density at radius 1 is 1.04 bits per heavy atom. The highest BCUT2D eigenvalue weighted by molar-refractivity contribution is 6.30. The van der Waals surface area contributed by atoms with Crippen molar-refractivity contribution in [2.45, 2.75) is 25.9 Å². The number of carbonyl (C=O) groups excluding carboxylic acids is 1. The lowest BCUT2D eigenvalue weighted by molar-refractivity contribution is -0.127. The Hall–Kier alpha value is -2.52. The van der Waals surface area contributed by atoms with E-state index in [-0.39, 0.29) is 5.91 Å². The zero-order valence-electron chi connectivity index (χ0n) is 14.7. The molecule has 3 rings (SSSR count). The lowest BCUT2D eigenvalue weighted by Gasteiger charge is -2.15. The molecule has 3 aromatic carbocycles. The molecular weight excluding hydrogens is 346 g/mol. The van der Waals surface area contributed by atoms with Crippen LogP contribution in [-0.2, 0) is 11.2 Å². The summed E-state index contributed by atoms with van der Waals surface area (Å²) >= 11 is 5.88. The smallest absolute Gasteiger partial charge is 0.260 e. The summed E-state index contributed by atoms with van der Waals surface area (Å²) in [5.74, 6) is 0.599. The first-order chi connectivity index (χ1) is 12.6. The van der Waals surface area contributed by atoms with Gasteiger partial charge in [0.15, 0.2) is 6.10 Å². The van der Waals surface area contributed by atoms with E-state index in [9.17, 15) is 4.79 Å². The molecule has 3 aromatic rings. The second kappa shape index (κ2) is 8.72. The lowest BCUT2D eigenvalue weighted by Crippen LogP contribution is -2.36. The molecule has 0 heterocycles. The van der Waals surface area contributed by atoms with Gasteiger partial charge in [0.25, 0.3) is 5.91 Å². The number of ether oxygens (including phenoxy) is 1. The summed E-state index contributed by atoms with van der Waals surface area (Å²) in [5.41, 5.74) is 1.21. The number of hydrogen-bond donors (Lipinski definition) is 1. The quantitative estimate of drug-likeness (QED) is 0.596. The number of halogens is 1. The highest BCUT2D eigenvalue weighted by atomic mass is 35.5. The molecule has 1 atom stereocenters. The van der Waals surface area contributed by atoms with Crippen molar-refractivity contribution in [3.8, 4) is 5.75 Å². The van der Waals surface area contributed by atoms with Crippen molar-refractivity contribution >= 4 is 28.3 Å². The number of amides is 1. The van der Waals surface area contributed by atoms with Crippen LogP contribution in [-0.4, -0.2) is 18.6 Å². The molecule has 0 bridgehead atoms. The first-order valence-corrected chi connectivity index (χ1v) is 9.17. The highest BCUT2D eigenvalue weighted by Gasteiger charge is 2.14. The maximum absolute atomic E-state index is 12.2. The van der Waals surface area contributed by atoms with E-state index in [0.29, 0.717) is 12.3 Å².